The Hall–Kier alpha value is -2.48. The van der Waals surface area contributed by atoms with E-state index < -0.39 is 10.0 Å². The van der Waals surface area contributed by atoms with E-state index in [1.54, 1.807) is 17.0 Å². The highest BCUT2D eigenvalue weighted by molar-refractivity contribution is 7.89. The van der Waals surface area contributed by atoms with E-state index in [2.05, 4.69) is 4.98 Å². The lowest BCUT2D eigenvalue weighted by Gasteiger charge is -2.09. The Morgan fingerprint density at radius 1 is 1.16 bits per heavy atom. The standard InChI is InChI=1S/C17H14ClN3O3S/c18-14-7-6-13(10-16(14)25(19,23)24)15(22)11-21-9-8-20-17(21)12-4-2-1-3-5-12/h1-10H,11H2,(H2,19,23,24). The van der Waals surface area contributed by atoms with Gasteiger partial charge in [0.2, 0.25) is 10.0 Å². The zero-order chi connectivity index (χ0) is 18.0. The lowest BCUT2D eigenvalue weighted by molar-refractivity contribution is 0.0972. The van der Waals surface area contributed by atoms with Gasteiger partial charge in [-0.1, -0.05) is 41.9 Å². The van der Waals surface area contributed by atoms with Crippen molar-refractivity contribution in [2.75, 3.05) is 0 Å². The third-order valence-corrected chi connectivity index (χ3v) is 5.01. The van der Waals surface area contributed by atoms with Crippen LogP contribution in [-0.4, -0.2) is 23.8 Å². The van der Waals surface area contributed by atoms with E-state index in [-0.39, 0.29) is 27.8 Å². The summed E-state index contributed by atoms with van der Waals surface area (Å²) in [7, 11) is -4.01. The van der Waals surface area contributed by atoms with Gasteiger partial charge in [-0.2, -0.15) is 0 Å². The molecule has 0 amide bonds. The molecular weight excluding hydrogens is 362 g/mol. The normalized spacial score (nSPS) is 11.4. The van der Waals surface area contributed by atoms with Gasteiger partial charge in [0.25, 0.3) is 0 Å². The predicted molar refractivity (Wildman–Crippen MR) is 94.8 cm³/mol. The molecule has 3 aromatic rings. The number of imidazole rings is 1. The minimum Gasteiger partial charge on any atom is -0.323 e. The zero-order valence-electron chi connectivity index (χ0n) is 13.0. The van der Waals surface area contributed by atoms with E-state index in [0.717, 1.165) is 5.56 Å². The first kappa shape index (κ1) is 17.3. The largest absolute Gasteiger partial charge is 0.323 e. The highest BCUT2D eigenvalue weighted by Crippen LogP contribution is 2.23. The fourth-order valence-corrected chi connectivity index (χ4v) is 3.50. The summed E-state index contributed by atoms with van der Waals surface area (Å²) in [4.78, 5) is 16.6. The molecule has 128 valence electrons. The summed E-state index contributed by atoms with van der Waals surface area (Å²) < 4.78 is 24.8. The molecule has 2 N–H and O–H groups in total. The SMILES string of the molecule is NS(=O)(=O)c1cc(C(=O)Cn2ccnc2-c2ccccc2)ccc1Cl. The number of hydrogen-bond acceptors (Lipinski definition) is 4. The summed E-state index contributed by atoms with van der Waals surface area (Å²) in [5.41, 5.74) is 1.09. The van der Waals surface area contributed by atoms with Gasteiger partial charge in [-0.05, 0) is 18.2 Å². The number of primary sulfonamides is 1. The number of nitrogens with two attached hydrogens (primary N) is 1. The summed E-state index contributed by atoms with van der Waals surface area (Å²) in [6, 6.07) is 13.5. The van der Waals surface area contributed by atoms with Gasteiger partial charge in [0, 0.05) is 23.5 Å². The number of Topliss-reactive ketones (excluding diaryl/α,β-unsaturated/α-hetero) is 1. The van der Waals surface area contributed by atoms with E-state index in [0.29, 0.717) is 5.82 Å². The minimum absolute atomic E-state index is 0.00984. The number of aromatic nitrogens is 2. The second-order valence-corrected chi connectivity index (χ2v) is 7.30. The van der Waals surface area contributed by atoms with Crippen molar-refractivity contribution in [3.8, 4) is 11.4 Å². The van der Waals surface area contributed by atoms with Gasteiger partial charge in [0.1, 0.15) is 10.7 Å². The molecule has 0 aliphatic rings. The predicted octanol–water partition coefficient (Wildman–Crippen LogP) is 2.73. The van der Waals surface area contributed by atoms with E-state index >= 15 is 0 Å². The molecule has 3 rings (SSSR count). The van der Waals surface area contributed by atoms with Crippen LogP contribution >= 0.6 is 11.6 Å². The third kappa shape index (κ3) is 3.79. The van der Waals surface area contributed by atoms with Gasteiger partial charge in [-0.15, -0.1) is 0 Å². The first-order chi connectivity index (χ1) is 11.9. The molecule has 1 aromatic heterocycles. The number of rotatable bonds is 5. The second kappa shape index (κ2) is 6.79. The van der Waals surface area contributed by atoms with Gasteiger partial charge in [-0.3, -0.25) is 4.79 Å². The van der Waals surface area contributed by atoms with Gasteiger partial charge in [0.05, 0.1) is 11.6 Å². The Kier molecular flexibility index (Phi) is 4.71. The molecule has 0 atom stereocenters. The maximum Gasteiger partial charge on any atom is 0.239 e. The minimum atomic E-state index is -4.01. The van der Waals surface area contributed by atoms with E-state index in [9.17, 15) is 13.2 Å². The molecule has 25 heavy (non-hydrogen) atoms. The average molecular weight is 376 g/mol. The van der Waals surface area contributed by atoms with Crippen LogP contribution in [0.4, 0.5) is 0 Å². The van der Waals surface area contributed by atoms with Crippen LogP contribution in [0.5, 0.6) is 0 Å². The van der Waals surface area contributed by atoms with Crippen molar-refractivity contribution in [3.63, 3.8) is 0 Å². The van der Waals surface area contributed by atoms with E-state index in [1.165, 1.54) is 18.2 Å². The number of benzene rings is 2. The quantitative estimate of drug-likeness (QED) is 0.693. The molecule has 8 heteroatoms. The van der Waals surface area contributed by atoms with Crippen LogP contribution in [0.1, 0.15) is 10.4 Å². The molecule has 0 radical (unpaired) electrons. The average Bonchev–Trinajstić information content (AvgIpc) is 3.03. The smallest absolute Gasteiger partial charge is 0.239 e. The first-order valence-electron chi connectivity index (χ1n) is 7.28. The molecule has 0 bridgehead atoms. The number of nitrogens with zero attached hydrogens (tertiary/aromatic N) is 2. The van der Waals surface area contributed by atoms with Gasteiger partial charge < -0.3 is 4.57 Å². The molecule has 0 spiro atoms. The van der Waals surface area contributed by atoms with Gasteiger partial charge >= 0.3 is 0 Å². The second-order valence-electron chi connectivity index (χ2n) is 5.36. The van der Waals surface area contributed by atoms with Crippen LogP contribution in [-0.2, 0) is 16.6 Å². The van der Waals surface area contributed by atoms with E-state index in [4.69, 9.17) is 16.7 Å². The number of ketones is 1. The molecule has 0 saturated carbocycles. The Labute approximate surface area is 149 Å². The number of carbonyl (C=O) groups excluding carboxylic acids is 1. The summed E-state index contributed by atoms with van der Waals surface area (Å²) in [5.74, 6) is 0.367. The molecule has 0 fully saturated rings. The van der Waals surface area contributed by atoms with Crippen molar-refractivity contribution in [1.29, 1.82) is 0 Å². The number of hydrogen-bond donors (Lipinski definition) is 1. The summed E-state index contributed by atoms with van der Waals surface area (Å²) in [6.45, 7) is 0.00984. The molecule has 0 saturated heterocycles. The number of halogens is 1. The van der Waals surface area contributed by atoms with Crippen LogP contribution in [0.2, 0.25) is 5.02 Å². The molecule has 6 nitrogen and oxygen atoms in total. The Morgan fingerprint density at radius 2 is 1.88 bits per heavy atom. The highest BCUT2D eigenvalue weighted by Gasteiger charge is 2.17. The summed E-state index contributed by atoms with van der Waals surface area (Å²) in [5, 5.41) is 5.10. The Morgan fingerprint density at radius 3 is 2.56 bits per heavy atom. The van der Waals surface area contributed by atoms with Crippen LogP contribution in [0.3, 0.4) is 0 Å². The van der Waals surface area contributed by atoms with Gasteiger partial charge in [0.15, 0.2) is 5.78 Å². The monoisotopic (exact) mass is 375 g/mol. The van der Waals surface area contributed by atoms with E-state index in [1.807, 2.05) is 30.3 Å². The third-order valence-electron chi connectivity index (χ3n) is 3.62. The lowest BCUT2D eigenvalue weighted by atomic mass is 10.1. The van der Waals surface area contributed by atoms with Crippen molar-refractivity contribution < 1.29 is 13.2 Å². The number of sulfonamides is 1. The first-order valence-corrected chi connectivity index (χ1v) is 9.21. The molecule has 0 aliphatic carbocycles. The Bertz CT molecular complexity index is 1030. The molecule has 1 heterocycles. The van der Waals surface area contributed by atoms with Crippen molar-refractivity contribution in [2.45, 2.75) is 11.4 Å². The summed E-state index contributed by atoms with van der Waals surface area (Å²) in [6.07, 6.45) is 3.30. The van der Waals surface area contributed by atoms with Crippen molar-refractivity contribution in [1.82, 2.24) is 9.55 Å². The fourth-order valence-electron chi connectivity index (χ4n) is 2.43. The van der Waals surface area contributed by atoms with Crippen LogP contribution in [0.15, 0.2) is 65.8 Å². The lowest BCUT2D eigenvalue weighted by Crippen LogP contribution is -2.15. The summed E-state index contributed by atoms with van der Waals surface area (Å²) >= 11 is 5.85. The van der Waals surface area contributed by atoms with Crippen molar-refractivity contribution in [2.24, 2.45) is 5.14 Å². The van der Waals surface area contributed by atoms with Crippen LogP contribution < -0.4 is 5.14 Å². The maximum absolute atomic E-state index is 12.6. The van der Waals surface area contributed by atoms with Crippen molar-refractivity contribution >= 4 is 27.4 Å². The maximum atomic E-state index is 12.6. The van der Waals surface area contributed by atoms with Crippen LogP contribution in [0.25, 0.3) is 11.4 Å². The number of carbonyl (C=O) groups is 1. The molecular formula is C17H14ClN3O3S. The molecule has 0 aliphatic heterocycles. The topological polar surface area (TPSA) is 95.0 Å². The zero-order valence-corrected chi connectivity index (χ0v) is 14.5. The Balaban J connectivity index is 1.91. The van der Waals surface area contributed by atoms with Crippen LogP contribution in [0, 0.1) is 0 Å². The highest BCUT2D eigenvalue weighted by atomic mass is 35.5. The molecule has 0 unspecified atom stereocenters. The van der Waals surface area contributed by atoms with Gasteiger partial charge in [-0.25, -0.2) is 18.5 Å². The fraction of sp³-hybridized carbons (Fsp3) is 0.0588. The molecule has 2 aromatic carbocycles. The van der Waals surface area contributed by atoms with Crippen molar-refractivity contribution in [3.05, 3.63) is 71.5 Å².